The average molecular weight is 1140 g/mol. The second kappa shape index (κ2) is 29.1. The molecule has 4 rings (SSSR count). The van der Waals surface area contributed by atoms with Crippen LogP contribution in [0.5, 0.6) is 0 Å². The summed E-state index contributed by atoms with van der Waals surface area (Å²) in [7, 11) is 1.75. The number of hydrogen-bond donors (Lipinski definition) is 0. The molecule has 4 aliphatic rings. The van der Waals surface area contributed by atoms with E-state index in [1.54, 1.807) is 12.1 Å². The van der Waals surface area contributed by atoms with Gasteiger partial charge in [0.05, 0.1) is 97.4 Å². The van der Waals surface area contributed by atoms with Crippen LogP contribution in [0.15, 0.2) is 48.6 Å². The number of imide groups is 4. The molecule has 0 fully saturated rings. The number of carbonyl (C=O) groups excluding carboxylic acids is 8. The lowest BCUT2D eigenvalue weighted by Crippen LogP contribution is -2.50. The highest BCUT2D eigenvalue weighted by molar-refractivity contribution is 6.14. The third kappa shape index (κ3) is 21.7. The number of ether oxygens (including phenoxy) is 7. The van der Waals surface area contributed by atoms with Gasteiger partial charge in [0, 0.05) is 75.3 Å². The zero-order valence-electron chi connectivity index (χ0n) is 51.2. The minimum Gasteiger partial charge on any atom is -0.375 e. The summed E-state index contributed by atoms with van der Waals surface area (Å²) in [5.41, 5.74) is -6.18. The van der Waals surface area contributed by atoms with Crippen LogP contribution < -0.4 is 0 Å². The highest BCUT2D eigenvalue weighted by atomic mass is 16.7. The molecule has 0 N–H and O–H groups in total. The van der Waals surface area contributed by atoms with Crippen LogP contribution in [-0.2, 0) is 76.4 Å². The summed E-state index contributed by atoms with van der Waals surface area (Å²) in [6.45, 7) is 29.2. The molecule has 0 aromatic rings. The minimum atomic E-state index is -1.01. The van der Waals surface area contributed by atoms with Gasteiger partial charge in [0.1, 0.15) is 6.73 Å². The Morgan fingerprint density at radius 3 is 0.926 bits per heavy atom. The number of rotatable bonds is 41. The maximum Gasteiger partial charge on any atom is 0.253 e. The van der Waals surface area contributed by atoms with Crippen molar-refractivity contribution in [3.63, 3.8) is 0 Å². The fraction of sp³-hybridized carbons (Fsp3) is 0.733. The van der Waals surface area contributed by atoms with Crippen LogP contribution in [-0.4, -0.2) is 197 Å². The molecule has 0 radical (unpaired) electrons. The van der Waals surface area contributed by atoms with E-state index in [9.17, 15) is 38.4 Å². The maximum absolute atomic E-state index is 12.4. The van der Waals surface area contributed by atoms with Crippen molar-refractivity contribution in [2.75, 3.05) is 86.2 Å². The third-order valence-electron chi connectivity index (χ3n) is 16.0. The molecule has 0 aromatic heterocycles. The molecule has 4 heterocycles. The van der Waals surface area contributed by atoms with Gasteiger partial charge in [-0.05, 0) is 134 Å². The van der Waals surface area contributed by atoms with Crippen molar-refractivity contribution in [3.8, 4) is 0 Å². The lowest BCUT2D eigenvalue weighted by molar-refractivity contribution is -0.258. The molecule has 456 valence electrons. The SMILES string of the molecule is CCC(C)(CCOC(C)(C)CCN1C(=O)C=CC1=O)OCC(CON(C)COC(C)(C)CCN1C(=O)C=CC1=O)(COC(C)(CC)CCOC(C)(C)CCN1C(=O)C=CC1=O)COC(C)(CC)CCOC(C)(C)CN1C(=O)C=CC1=O. The van der Waals surface area contributed by atoms with Crippen LogP contribution >= 0.6 is 0 Å². The fourth-order valence-electron chi connectivity index (χ4n) is 8.79. The Hall–Kier alpha value is -4.84. The number of carbonyl (C=O) groups is 8. The van der Waals surface area contributed by atoms with Crippen molar-refractivity contribution >= 4 is 47.3 Å². The van der Waals surface area contributed by atoms with E-state index in [0.717, 1.165) is 4.90 Å². The summed E-state index contributed by atoms with van der Waals surface area (Å²) in [6.07, 6.45) is 14.6. The highest BCUT2D eigenvalue weighted by Gasteiger charge is 2.42. The van der Waals surface area contributed by atoms with Gasteiger partial charge in [-0.15, -0.1) is 0 Å². The Labute approximate surface area is 480 Å². The minimum absolute atomic E-state index is 0.0169. The Kier molecular flexibility index (Phi) is 24.7. The zero-order chi connectivity index (χ0) is 60.7. The van der Waals surface area contributed by atoms with Crippen LogP contribution in [0.25, 0.3) is 0 Å². The van der Waals surface area contributed by atoms with E-state index in [1.807, 2.05) is 96.9 Å². The van der Waals surface area contributed by atoms with E-state index in [-0.39, 0.29) is 113 Å². The van der Waals surface area contributed by atoms with Gasteiger partial charge >= 0.3 is 0 Å². The molecule has 21 heteroatoms. The largest absolute Gasteiger partial charge is 0.375 e. The summed E-state index contributed by atoms with van der Waals surface area (Å²) in [5, 5.41) is 1.58. The molecule has 8 amide bonds. The molecule has 0 bridgehead atoms. The summed E-state index contributed by atoms with van der Waals surface area (Å²) >= 11 is 0. The lowest BCUT2D eigenvalue weighted by atomic mass is 9.89. The summed E-state index contributed by atoms with van der Waals surface area (Å²) < 4.78 is 46.8. The average Bonchev–Trinajstić information content (AvgIpc) is 4.12. The van der Waals surface area contributed by atoms with Crippen LogP contribution in [0.1, 0.15) is 155 Å². The topological polar surface area (TPSA) is 227 Å². The summed E-state index contributed by atoms with van der Waals surface area (Å²) in [5.74, 6) is -2.86. The Balaban J connectivity index is 1.59. The van der Waals surface area contributed by atoms with Crippen molar-refractivity contribution < 1.29 is 76.4 Å². The predicted molar refractivity (Wildman–Crippen MR) is 301 cm³/mol. The Bertz CT molecular complexity index is 2210. The molecular formula is C60H95N5O16. The smallest absolute Gasteiger partial charge is 0.253 e. The first-order valence-electron chi connectivity index (χ1n) is 28.6. The van der Waals surface area contributed by atoms with Crippen molar-refractivity contribution in [1.82, 2.24) is 24.7 Å². The van der Waals surface area contributed by atoms with Crippen LogP contribution in [0, 0.1) is 5.41 Å². The first-order chi connectivity index (χ1) is 37.6. The quantitative estimate of drug-likeness (QED) is 0.0358. The van der Waals surface area contributed by atoms with Crippen molar-refractivity contribution in [3.05, 3.63) is 48.6 Å². The first-order valence-corrected chi connectivity index (χ1v) is 28.6. The second-order valence-electron chi connectivity index (χ2n) is 25.1. The number of amides is 8. The highest BCUT2D eigenvalue weighted by Crippen LogP contribution is 2.35. The molecule has 21 nitrogen and oxygen atoms in total. The van der Waals surface area contributed by atoms with Crippen LogP contribution in [0.3, 0.4) is 0 Å². The van der Waals surface area contributed by atoms with Gasteiger partial charge in [-0.2, -0.15) is 5.06 Å². The van der Waals surface area contributed by atoms with Gasteiger partial charge in [-0.25, -0.2) is 0 Å². The molecule has 81 heavy (non-hydrogen) atoms. The van der Waals surface area contributed by atoms with Crippen molar-refractivity contribution in [2.45, 2.75) is 194 Å². The Morgan fingerprint density at radius 1 is 0.358 bits per heavy atom. The van der Waals surface area contributed by atoms with E-state index in [2.05, 4.69) is 0 Å². The molecule has 3 unspecified atom stereocenters. The molecule has 4 aliphatic heterocycles. The molecule has 0 aliphatic carbocycles. The zero-order valence-corrected chi connectivity index (χ0v) is 51.2. The van der Waals surface area contributed by atoms with Gasteiger partial charge in [0.15, 0.2) is 0 Å². The van der Waals surface area contributed by atoms with Gasteiger partial charge < -0.3 is 33.2 Å². The third-order valence-corrected chi connectivity index (χ3v) is 16.0. The van der Waals surface area contributed by atoms with Gasteiger partial charge in [-0.3, -0.25) is 62.8 Å². The van der Waals surface area contributed by atoms with E-state index in [1.165, 1.54) is 63.3 Å². The second-order valence-corrected chi connectivity index (χ2v) is 25.1. The predicted octanol–water partition coefficient (Wildman–Crippen LogP) is 6.57. The fourth-order valence-corrected chi connectivity index (χ4v) is 8.79. The van der Waals surface area contributed by atoms with E-state index in [0.29, 0.717) is 71.0 Å². The standard InChI is InChI=1S/C60H95N5O16/c1-16-57(12,30-36-74-53(4,5)27-33-62-45(66)19-20-46(62)67)77-40-60(43-81-61(15)44-80-55(8,9)29-35-64-49(70)23-24-50(64)71,42-79-59(14,18-3)32-38-76-56(10,11)39-65-51(72)25-26-52(65)73)41-78-58(13,17-2)31-37-75-54(6,7)28-34-63-47(68)21-22-48(63)69/h19-26H,16-18,27-44H2,1-15H3. The van der Waals surface area contributed by atoms with Gasteiger partial charge in [0.2, 0.25) is 0 Å². The number of nitrogens with zero attached hydrogens (tertiary/aromatic N) is 5. The van der Waals surface area contributed by atoms with Crippen LogP contribution in [0.4, 0.5) is 0 Å². The molecule has 0 spiro atoms. The number of hydroxylamine groups is 2. The lowest BCUT2D eigenvalue weighted by Gasteiger charge is -2.43. The van der Waals surface area contributed by atoms with Gasteiger partial charge in [0.25, 0.3) is 47.3 Å². The molecule has 0 saturated carbocycles. The molecule has 3 atom stereocenters. The van der Waals surface area contributed by atoms with Gasteiger partial charge in [-0.1, -0.05) is 20.8 Å². The number of hydrogen-bond acceptors (Lipinski definition) is 17. The summed E-state index contributed by atoms with van der Waals surface area (Å²) in [4.78, 5) is 110. The molecule has 0 saturated heterocycles. The van der Waals surface area contributed by atoms with E-state index in [4.69, 9.17) is 38.0 Å². The monoisotopic (exact) mass is 1140 g/mol. The maximum atomic E-state index is 12.4. The van der Waals surface area contributed by atoms with Crippen molar-refractivity contribution in [2.24, 2.45) is 5.41 Å². The molecule has 0 aromatic carbocycles. The first kappa shape index (κ1) is 68.7. The normalized spacial score (nSPS) is 19.4. The van der Waals surface area contributed by atoms with Crippen LogP contribution in [0.2, 0.25) is 0 Å². The molecular weight excluding hydrogens is 1050 g/mol. The van der Waals surface area contributed by atoms with Crippen molar-refractivity contribution in [1.29, 1.82) is 0 Å². The Morgan fingerprint density at radius 2 is 0.630 bits per heavy atom. The van der Waals surface area contributed by atoms with E-state index >= 15 is 0 Å². The summed E-state index contributed by atoms with van der Waals surface area (Å²) in [6, 6.07) is 0. The van der Waals surface area contributed by atoms with E-state index < -0.39 is 44.6 Å².